The number of nitrogens with two attached hydrogens (primary N) is 1. The zero-order valence-electron chi connectivity index (χ0n) is 16.4. The monoisotopic (exact) mass is 421 g/mol. The number of morpholine rings is 1. The number of anilines is 1. The molecule has 10 heteroatoms. The van der Waals surface area contributed by atoms with E-state index in [2.05, 4.69) is 15.6 Å². The highest BCUT2D eigenvalue weighted by molar-refractivity contribution is 7.89. The van der Waals surface area contributed by atoms with Crippen LogP contribution in [0.5, 0.6) is 0 Å². The van der Waals surface area contributed by atoms with Crippen molar-refractivity contribution in [3.05, 3.63) is 36.0 Å². The van der Waals surface area contributed by atoms with Crippen molar-refractivity contribution in [1.82, 2.24) is 9.62 Å². The third-order valence-electron chi connectivity index (χ3n) is 4.93. The van der Waals surface area contributed by atoms with E-state index in [1.54, 1.807) is 19.1 Å². The molecule has 0 aliphatic carbocycles. The quantitative estimate of drug-likeness (QED) is 0.448. The van der Waals surface area contributed by atoms with Gasteiger partial charge in [0, 0.05) is 37.2 Å². The first-order valence-corrected chi connectivity index (χ1v) is 11.0. The van der Waals surface area contributed by atoms with Crippen LogP contribution in [0.3, 0.4) is 0 Å². The highest BCUT2D eigenvalue weighted by Crippen LogP contribution is 2.20. The summed E-state index contributed by atoms with van der Waals surface area (Å²) in [5, 5.41) is 5.97. The summed E-state index contributed by atoms with van der Waals surface area (Å²) in [6.45, 7) is 4.90. The third-order valence-corrected chi connectivity index (χ3v) is 6.84. The molecule has 0 aromatic heterocycles. The van der Waals surface area contributed by atoms with Crippen LogP contribution in [0.15, 0.2) is 45.9 Å². The van der Waals surface area contributed by atoms with Crippen molar-refractivity contribution in [1.29, 1.82) is 0 Å². The highest BCUT2D eigenvalue weighted by atomic mass is 32.2. The Bertz CT molecular complexity index is 884. The Labute approximate surface area is 171 Å². The van der Waals surface area contributed by atoms with Gasteiger partial charge < -0.3 is 21.1 Å². The van der Waals surface area contributed by atoms with Crippen LogP contribution in [0.25, 0.3) is 0 Å². The molecule has 0 radical (unpaired) electrons. The molecular formula is C19H27N5O4S. The highest BCUT2D eigenvalue weighted by Gasteiger charge is 2.26. The van der Waals surface area contributed by atoms with E-state index in [0.29, 0.717) is 43.3 Å². The van der Waals surface area contributed by atoms with Gasteiger partial charge in [0.2, 0.25) is 10.0 Å². The van der Waals surface area contributed by atoms with Crippen molar-refractivity contribution < 1.29 is 17.9 Å². The summed E-state index contributed by atoms with van der Waals surface area (Å²) in [5.74, 6) is -0.386. The molecular weight excluding hydrogens is 394 g/mol. The summed E-state index contributed by atoms with van der Waals surface area (Å²) in [6, 6.07) is 6.23. The number of ether oxygens (including phenoxy) is 1. The lowest BCUT2D eigenvalue weighted by Crippen LogP contribution is -2.40. The number of amides is 1. The van der Waals surface area contributed by atoms with Gasteiger partial charge in [-0.15, -0.1) is 0 Å². The summed E-state index contributed by atoms with van der Waals surface area (Å²) in [7, 11) is -3.57. The van der Waals surface area contributed by atoms with Crippen LogP contribution in [-0.4, -0.2) is 69.8 Å². The van der Waals surface area contributed by atoms with E-state index in [1.807, 2.05) is 0 Å². The number of rotatable bonds is 6. The number of benzene rings is 1. The molecule has 2 saturated heterocycles. The molecule has 9 nitrogen and oxygen atoms in total. The molecule has 1 aromatic carbocycles. The van der Waals surface area contributed by atoms with Crippen LogP contribution >= 0.6 is 0 Å². The predicted molar refractivity (Wildman–Crippen MR) is 111 cm³/mol. The summed E-state index contributed by atoms with van der Waals surface area (Å²) in [6.07, 6.45) is 2.17. The van der Waals surface area contributed by atoms with Gasteiger partial charge in [-0.05, 0) is 44.2 Å². The molecule has 29 heavy (non-hydrogen) atoms. The van der Waals surface area contributed by atoms with Gasteiger partial charge in [0.1, 0.15) is 0 Å². The lowest BCUT2D eigenvalue weighted by molar-refractivity contribution is -0.112. The molecule has 0 bridgehead atoms. The molecule has 158 valence electrons. The Morgan fingerprint density at radius 3 is 2.59 bits per heavy atom. The maximum absolute atomic E-state index is 12.7. The fourth-order valence-electron chi connectivity index (χ4n) is 3.30. The van der Waals surface area contributed by atoms with Crippen LogP contribution in [0.1, 0.15) is 13.3 Å². The average Bonchev–Trinajstić information content (AvgIpc) is 3.22. The minimum atomic E-state index is -3.57. The molecule has 2 aliphatic heterocycles. The van der Waals surface area contributed by atoms with Crippen LogP contribution in [0.4, 0.5) is 5.69 Å². The van der Waals surface area contributed by atoms with Crippen molar-refractivity contribution in [2.45, 2.75) is 24.3 Å². The van der Waals surface area contributed by atoms with E-state index >= 15 is 0 Å². The van der Waals surface area contributed by atoms with Crippen LogP contribution in [0.2, 0.25) is 0 Å². The molecule has 2 heterocycles. The Hall–Kier alpha value is -2.27. The van der Waals surface area contributed by atoms with Crippen molar-refractivity contribution in [3.63, 3.8) is 0 Å². The second kappa shape index (κ2) is 9.49. The molecule has 4 N–H and O–H groups in total. The molecule has 1 aromatic rings. The number of nitrogens with zero attached hydrogens (tertiary/aromatic N) is 2. The average molecular weight is 422 g/mol. The van der Waals surface area contributed by atoms with Gasteiger partial charge in [0.25, 0.3) is 5.91 Å². The maximum atomic E-state index is 12.7. The third kappa shape index (κ3) is 5.21. The van der Waals surface area contributed by atoms with Crippen molar-refractivity contribution in [3.8, 4) is 0 Å². The van der Waals surface area contributed by atoms with E-state index in [-0.39, 0.29) is 16.8 Å². The fourth-order valence-corrected chi connectivity index (χ4v) is 4.71. The maximum Gasteiger partial charge on any atom is 0.258 e. The number of hydrogen-bond donors (Lipinski definition) is 3. The predicted octanol–water partition coefficient (Wildman–Crippen LogP) is 0.311. The number of carbonyl (C=O) groups excluding carboxylic acids is 1. The van der Waals surface area contributed by atoms with Gasteiger partial charge in [0.15, 0.2) is 0 Å². The Kier molecular flexibility index (Phi) is 7.01. The minimum absolute atomic E-state index is 0.141. The van der Waals surface area contributed by atoms with Gasteiger partial charge in [-0.2, -0.15) is 4.31 Å². The number of sulfonamides is 1. The number of hydrogen-bond acceptors (Lipinski definition) is 7. The van der Waals surface area contributed by atoms with Gasteiger partial charge in [-0.25, -0.2) is 8.42 Å². The van der Waals surface area contributed by atoms with Crippen LogP contribution in [0, 0.1) is 0 Å². The van der Waals surface area contributed by atoms with Gasteiger partial charge in [-0.1, -0.05) is 0 Å². The largest absolute Gasteiger partial charge is 0.404 e. The second-order valence-corrected chi connectivity index (χ2v) is 8.87. The number of nitrogens with one attached hydrogen (secondary N) is 2. The SMILES string of the molecule is CC(=N[C@H]1CCNC1)/C(=C\N)C(=O)Nc1ccc(S(=O)(=O)N2CCOCC2)cc1. The molecule has 0 unspecified atom stereocenters. The zero-order chi connectivity index (χ0) is 20.9. The van der Waals surface area contributed by atoms with E-state index in [4.69, 9.17) is 10.5 Å². The second-order valence-electron chi connectivity index (χ2n) is 6.94. The van der Waals surface area contributed by atoms with Crippen molar-refractivity contribution in [2.75, 3.05) is 44.7 Å². The first kappa shape index (κ1) is 21.4. The van der Waals surface area contributed by atoms with E-state index in [1.165, 1.54) is 22.6 Å². The van der Waals surface area contributed by atoms with Crippen LogP contribution in [-0.2, 0) is 19.6 Å². The molecule has 1 amide bonds. The first-order chi connectivity index (χ1) is 13.9. The molecule has 2 aliphatic rings. The Morgan fingerprint density at radius 2 is 2.00 bits per heavy atom. The summed E-state index contributed by atoms with van der Waals surface area (Å²) >= 11 is 0. The summed E-state index contributed by atoms with van der Waals surface area (Å²) in [4.78, 5) is 17.3. The molecule has 2 fully saturated rings. The van der Waals surface area contributed by atoms with Crippen LogP contribution < -0.4 is 16.4 Å². The lowest BCUT2D eigenvalue weighted by Gasteiger charge is -2.26. The van der Waals surface area contributed by atoms with Gasteiger partial charge >= 0.3 is 0 Å². The summed E-state index contributed by atoms with van der Waals surface area (Å²) in [5.41, 5.74) is 7.00. The van der Waals surface area contributed by atoms with Gasteiger partial charge in [0.05, 0.1) is 29.7 Å². The summed E-state index contributed by atoms with van der Waals surface area (Å²) < 4.78 is 31.9. The van der Waals surface area contributed by atoms with E-state index in [9.17, 15) is 13.2 Å². The van der Waals surface area contributed by atoms with Crippen molar-refractivity contribution in [2.24, 2.45) is 10.7 Å². The minimum Gasteiger partial charge on any atom is -0.404 e. The Morgan fingerprint density at radius 1 is 1.31 bits per heavy atom. The standard InChI is InChI=1S/C19H27N5O4S/c1-14(22-16-6-7-21-13-16)18(12-20)19(25)23-15-2-4-17(5-3-15)29(26,27)24-8-10-28-11-9-24/h2-5,12,16,21H,6-11,13,20H2,1H3,(H,23,25)/b18-12+,22-14?/t16-/m0/s1. The fraction of sp³-hybridized carbons (Fsp3) is 0.474. The van der Waals surface area contributed by atoms with Crippen molar-refractivity contribution >= 4 is 27.3 Å². The smallest absolute Gasteiger partial charge is 0.258 e. The normalized spacial score (nSPS) is 21.9. The Balaban J connectivity index is 1.67. The molecule has 0 spiro atoms. The lowest BCUT2D eigenvalue weighted by atomic mass is 10.1. The van der Waals surface area contributed by atoms with Gasteiger partial charge in [-0.3, -0.25) is 9.79 Å². The molecule has 3 rings (SSSR count). The molecule has 1 atom stereocenters. The van der Waals surface area contributed by atoms with E-state index in [0.717, 1.165) is 19.5 Å². The molecule has 0 saturated carbocycles. The van der Waals surface area contributed by atoms with E-state index < -0.39 is 10.0 Å². The zero-order valence-corrected chi connectivity index (χ0v) is 17.2. The first-order valence-electron chi connectivity index (χ1n) is 9.58. The number of aliphatic imine (C=N–C) groups is 1. The topological polar surface area (TPSA) is 126 Å². The number of carbonyl (C=O) groups is 1.